The fourth-order valence-electron chi connectivity index (χ4n) is 4.40. The number of benzene rings is 1. The van der Waals surface area contributed by atoms with Gasteiger partial charge >= 0.3 is 6.03 Å². The number of hydrogen-bond acceptors (Lipinski definition) is 4. The smallest absolute Gasteiger partial charge is 0.315 e. The van der Waals surface area contributed by atoms with Crippen molar-refractivity contribution in [3.05, 3.63) is 29.8 Å². The van der Waals surface area contributed by atoms with Crippen LogP contribution in [0.4, 0.5) is 4.79 Å². The second-order valence-corrected chi connectivity index (χ2v) is 9.04. The summed E-state index contributed by atoms with van der Waals surface area (Å²) in [4.78, 5) is 15.1. The van der Waals surface area contributed by atoms with Crippen LogP contribution in [0.3, 0.4) is 0 Å². The molecule has 1 saturated heterocycles. The zero-order chi connectivity index (χ0) is 19.1. The summed E-state index contributed by atoms with van der Waals surface area (Å²) in [6, 6.07) is 8.04. The number of rotatable bonds is 7. The molecule has 0 bridgehead atoms. The van der Waals surface area contributed by atoms with E-state index in [1.165, 1.54) is 42.8 Å². The predicted molar refractivity (Wildman–Crippen MR) is 113 cm³/mol. The highest BCUT2D eigenvalue weighted by Crippen LogP contribution is 2.36. The molecule has 1 saturated carbocycles. The van der Waals surface area contributed by atoms with Crippen LogP contribution in [0.1, 0.15) is 38.2 Å². The quantitative estimate of drug-likeness (QED) is 0.749. The highest BCUT2D eigenvalue weighted by atomic mass is 32.2. The van der Waals surface area contributed by atoms with Crippen LogP contribution in [0.15, 0.2) is 24.3 Å². The summed E-state index contributed by atoms with van der Waals surface area (Å²) >= 11 is 2.04. The van der Waals surface area contributed by atoms with Gasteiger partial charge in [-0.3, -0.25) is 4.90 Å². The van der Waals surface area contributed by atoms with Crippen LogP contribution >= 0.6 is 11.8 Å². The van der Waals surface area contributed by atoms with Gasteiger partial charge in [0.05, 0.1) is 7.11 Å². The van der Waals surface area contributed by atoms with Crippen LogP contribution in [0.2, 0.25) is 0 Å². The third kappa shape index (κ3) is 5.55. The Morgan fingerprint density at radius 3 is 2.74 bits per heavy atom. The highest BCUT2D eigenvalue weighted by Gasteiger charge is 2.40. The standard InChI is InChI=1S/C21H33N3O2S/c1-17(14-18-6-5-7-19(15-18)26-2)23-20(25)22-16-21(8-3-4-9-21)24-10-12-27-13-11-24/h5-7,15,17H,3-4,8-14,16H2,1-2H3,(H2,22,23,25). The number of nitrogens with one attached hydrogen (secondary N) is 2. The zero-order valence-corrected chi connectivity index (χ0v) is 17.4. The van der Waals surface area contributed by atoms with Gasteiger partial charge in [0.1, 0.15) is 5.75 Å². The van der Waals surface area contributed by atoms with Gasteiger partial charge in [0, 0.05) is 42.7 Å². The number of ether oxygens (including phenoxy) is 1. The molecule has 2 N–H and O–H groups in total. The number of carbonyl (C=O) groups is 1. The lowest BCUT2D eigenvalue weighted by molar-refractivity contribution is 0.104. The summed E-state index contributed by atoms with van der Waals surface area (Å²) in [5, 5.41) is 6.28. The SMILES string of the molecule is COc1cccc(CC(C)NC(=O)NCC2(N3CCSCC3)CCCC2)c1. The first kappa shape index (κ1) is 20.3. The molecule has 2 aliphatic rings. The number of thioether (sulfide) groups is 1. The van der Waals surface area contributed by atoms with Crippen LogP contribution in [0.25, 0.3) is 0 Å². The second kappa shape index (κ2) is 9.69. The average molecular weight is 392 g/mol. The number of carbonyl (C=O) groups excluding carboxylic acids is 1. The summed E-state index contributed by atoms with van der Waals surface area (Å²) in [6.07, 6.45) is 5.76. The molecule has 1 aliphatic heterocycles. The Bertz CT molecular complexity index is 613. The topological polar surface area (TPSA) is 53.6 Å². The van der Waals surface area contributed by atoms with Gasteiger partial charge in [-0.25, -0.2) is 4.79 Å². The van der Waals surface area contributed by atoms with Crippen molar-refractivity contribution < 1.29 is 9.53 Å². The molecular formula is C21H33N3O2S. The molecule has 2 fully saturated rings. The maximum Gasteiger partial charge on any atom is 0.315 e. The van der Waals surface area contributed by atoms with E-state index in [4.69, 9.17) is 4.74 Å². The molecule has 27 heavy (non-hydrogen) atoms. The summed E-state index contributed by atoms with van der Waals surface area (Å²) in [5.74, 6) is 3.28. The van der Waals surface area contributed by atoms with Crippen LogP contribution in [-0.4, -0.2) is 60.8 Å². The van der Waals surface area contributed by atoms with Crippen LogP contribution in [-0.2, 0) is 6.42 Å². The van der Waals surface area contributed by atoms with E-state index in [9.17, 15) is 4.79 Å². The van der Waals surface area contributed by atoms with Crippen LogP contribution in [0, 0.1) is 0 Å². The minimum absolute atomic E-state index is 0.0527. The van der Waals surface area contributed by atoms with Gasteiger partial charge in [-0.15, -0.1) is 0 Å². The molecule has 1 aliphatic carbocycles. The fraction of sp³-hybridized carbons (Fsp3) is 0.667. The molecule has 2 amide bonds. The van der Waals surface area contributed by atoms with Gasteiger partial charge < -0.3 is 15.4 Å². The van der Waals surface area contributed by atoms with Crippen molar-refractivity contribution in [2.24, 2.45) is 0 Å². The van der Waals surface area contributed by atoms with E-state index in [1.807, 2.05) is 36.9 Å². The Morgan fingerprint density at radius 1 is 1.30 bits per heavy atom. The summed E-state index contributed by atoms with van der Waals surface area (Å²) in [5.41, 5.74) is 1.34. The van der Waals surface area contributed by atoms with Crippen molar-refractivity contribution >= 4 is 17.8 Å². The number of urea groups is 1. The van der Waals surface area contributed by atoms with Crippen molar-refractivity contribution in [3.63, 3.8) is 0 Å². The second-order valence-electron chi connectivity index (χ2n) is 7.81. The summed E-state index contributed by atoms with van der Waals surface area (Å²) in [6.45, 7) is 5.11. The Balaban J connectivity index is 1.49. The third-order valence-corrected chi connectivity index (χ3v) is 6.79. The van der Waals surface area contributed by atoms with Gasteiger partial charge in [-0.1, -0.05) is 25.0 Å². The van der Waals surface area contributed by atoms with E-state index in [1.54, 1.807) is 7.11 Å². The number of amides is 2. The van der Waals surface area contributed by atoms with Gasteiger partial charge in [-0.05, 0) is 43.9 Å². The van der Waals surface area contributed by atoms with Crippen molar-refractivity contribution in [3.8, 4) is 5.75 Å². The number of nitrogens with zero attached hydrogens (tertiary/aromatic N) is 1. The Labute approximate surface area is 167 Å². The first-order valence-electron chi connectivity index (χ1n) is 10.1. The van der Waals surface area contributed by atoms with Crippen LogP contribution in [0.5, 0.6) is 5.75 Å². The minimum atomic E-state index is -0.0527. The molecule has 3 rings (SSSR count). The molecule has 0 radical (unpaired) electrons. The predicted octanol–water partition coefficient (Wildman–Crippen LogP) is 3.29. The third-order valence-electron chi connectivity index (χ3n) is 5.85. The number of methoxy groups -OCH3 is 1. The first-order chi connectivity index (χ1) is 13.1. The highest BCUT2D eigenvalue weighted by molar-refractivity contribution is 7.99. The molecule has 1 aromatic rings. The zero-order valence-electron chi connectivity index (χ0n) is 16.6. The van der Waals surface area contributed by atoms with Crippen molar-refractivity contribution in [2.75, 3.05) is 38.2 Å². The lowest BCUT2D eigenvalue weighted by Gasteiger charge is -2.43. The molecule has 0 spiro atoms. The lowest BCUT2D eigenvalue weighted by atomic mass is 9.94. The van der Waals surface area contributed by atoms with Gasteiger partial charge in [0.15, 0.2) is 0 Å². The molecule has 1 atom stereocenters. The molecule has 5 nitrogen and oxygen atoms in total. The van der Waals surface area contributed by atoms with E-state index >= 15 is 0 Å². The fourth-order valence-corrected chi connectivity index (χ4v) is 5.30. The van der Waals surface area contributed by atoms with Gasteiger partial charge in [0.25, 0.3) is 0 Å². The van der Waals surface area contributed by atoms with E-state index in [0.717, 1.165) is 31.8 Å². The van der Waals surface area contributed by atoms with E-state index in [0.29, 0.717) is 0 Å². The molecule has 1 heterocycles. The first-order valence-corrected chi connectivity index (χ1v) is 11.3. The maximum absolute atomic E-state index is 12.5. The van der Waals surface area contributed by atoms with Crippen molar-refractivity contribution in [1.82, 2.24) is 15.5 Å². The molecule has 1 aromatic carbocycles. The Morgan fingerprint density at radius 2 is 2.04 bits per heavy atom. The average Bonchev–Trinajstić information content (AvgIpc) is 3.17. The largest absolute Gasteiger partial charge is 0.497 e. The molecule has 1 unspecified atom stereocenters. The minimum Gasteiger partial charge on any atom is -0.497 e. The molecular weight excluding hydrogens is 358 g/mol. The summed E-state index contributed by atoms with van der Waals surface area (Å²) < 4.78 is 5.28. The number of hydrogen-bond donors (Lipinski definition) is 2. The Kier molecular flexibility index (Phi) is 7.30. The Hall–Kier alpha value is -1.40. The van der Waals surface area contributed by atoms with E-state index in [-0.39, 0.29) is 17.6 Å². The normalized spacial score (nSPS) is 20.8. The lowest BCUT2D eigenvalue weighted by Crippen LogP contribution is -2.57. The van der Waals surface area contributed by atoms with Crippen LogP contribution < -0.4 is 15.4 Å². The van der Waals surface area contributed by atoms with E-state index < -0.39 is 0 Å². The molecule has 6 heteroatoms. The van der Waals surface area contributed by atoms with Crippen molar-refractivity contribution in [2.45, 2.75) is 50.6 Å². The molecule has 150 valence electrons. The van der Waals surface area contributed by atoms with Gasteiger partial charge in [0.2, 0.25) is 0 Å². The van der Waals surface area contributed by atoms with Crippen molar-refractivity contribution in [1.29, 1.82) is 0 Å². The maximum atomic E-state index is 12.5. The summed E-state index contributed by atoms with van der Waals surface area (Å²) in [7, 11) is 1.67. The van der Waals surface area contributed by atoms with Gasteiger partial charge in [-0.2, -0.15) is 11.8 Å². The monoisotopic (exact) mass is 391 g/mol. The van der Waals surface area contributed by atoms with E-state index in [2.05, 4.69) is 21.6 Å². The molecule has 0 aromatic heterocycles.